The standard InChI is InChI=1S/C9H3F17OS/c1-28(27)9(25,26)7(20,21)5(16,17)3(12,13)2(10,11)4(14,15)6(18,19)8(22,23)24/h1H3. The molecule has 0 N–H and O–H groups in total. The number of halogens is 17. The maximum atomic E-state index is 13.1. The summed E-state index contributed by atoms with van der Waals surface area (Å²) in [6.07, 6.45) is -8.34. The molecule has 1 unspecified atom stereocenters. The Hall–Kier alpha value is -1.04. The van der Waals surface area contributed by atoms with Crippen molar-refractivity contribution in [3.05, 3.63) is 0 Å². The molecule has 0 heterocycles. The zero-order chi connectivity index (χ0) is 23.6. The Kier molecular flexibility index (Phi) is 6.24. The summed E-state index contributed by atoms with van der Waals surface area (Å²) in [5.74, 6) is -50.3. The van der Waals surface area contributed by atoms with Crippen LogP contribution in [-0.2, 0) is 10.8 Å². The Bertz CT molecular complexity index is 617. The summed E-state index contributed by atoms with van der Waals surface area (Å²) in [6.45, 7) is 0. The Labute approximate surface area is 144 Å². The van der Waals surface area contributed by atoms with Crippen LogP contribution in [0.25, 0.3) is 0 Å². The molecule has 0 fully saturated rings. The molecule has 0 saturated carbocycles. The van der Waals surface area contributed by atoms with E-state index in [1.807, 2.05) is 0 Å². The average molecular weight is 482 g/mol. The third kappa shape index (κ3) is 3.10. The summed E-state index contributed by atoms with van der Waals surface area (Å²) >= 11 is 0. The van der Waals surface area contributed by atoms with E-state index in [1.54, 1.807) is 0 Å². The van der Waals surface area contributed by atoms with Crippen LogP contribution in [0, 0.1) is 0 Å². The molecule has 1 nitrogen and oxygen atoms in total. The summed E-state index contributed by atoms with van der Waals surface area (Å²) in [7, 11) is -4.56. The van der Waals surface area contributed by atoms with E-state index in [4.69, 9.17) is 0 Å². The lowest BCUT2D eigenvalue weighted by atomic mass is 9.91. The third-order valence-electron chi connectivity index (χ3n) is 3.05. The van der Waals surface area contributed by atoms with Crippen LogP contribution in [0.5, 0.6) is 0 Å². The highest BCUT2D eigenvalue weighted by Gasteiger charge is 2.95. The van der Waals surface area contributed by atoms with E-state index in [-0.39, 0.29) is 0 Å². The molecule has 19 heteroatoms. The summed E-state index contributed by atoms with van der Waals surface area (Å²) in [4.78, 5) is 0. The first-order valence-corrected chi connectivity index (χ1v) is 7.30. The molecular weight excluding hydrogens is 479 g/mol. The van der Waals surface area contributed by atoms with Crippen LogP contribution in [0.1, 0.15) is 0 Å². The molecule has 0 spiro atoms. The van der Waals surface area contributed by atoms with Crippen LogP contribution >= 0.6 is 0 Å². The van der Waals surface area contributed by atoms with Gasteiger partial charge in [0.15, 0.2) is 0 Å². The fraction of sp³-hybridized carbons (Fsp3) is 1.00. The van der Waals surface area contributed by atoms with Crippen molar-refractivity contribution >= 4 is 10.8 Å². The number of rotatable bonds is 7. The molecule has 0 aromatic carbocycles. The highest BCUT2D eigenvalue weighted by atomic mass is 32.2. The first kappa shape index (κ1) is 27.0. The van der Waals surface area contributed by atoms with Crippen LogP contribution in [0.4, 0.5) is 74.6 Å². The number of alkyl halides is 17. The quantitative estimate of drug-likeness (QED) is 0.449. The monoisotopic (exact) mass is 482 g/mol. The van der Waals surface area contributed by atoms with Gasteiger partial charge in [0.05, 0.1) is 10.8 Å². The lowest BCUT2D eigenvalue weighted by Crippen LogP contribution is -2.74. The average Bonchev–Trinajstić information content (AvgIpc) is 2.44. The maximum Gasteiger partial charge on any atom is 0.460 e. The Morgan fingerprint density at radius 3 is 0.857 bits per heavy atom. The smallest absolute Gasteiger partial charge is 0.254 e. The molecule has 0 amide bonds. The minimum absolute atomic E-state index is 0.549. The van der Waals surface area contributed by atoms with Crippen LogP contribution in [0.3, 0.4) is 0 Å². The molecular formula is C9H3F17OS. The van der Waals surface area contributed by atoms with Crippen LogP contribution < -0.4 is 0 Å². The van der Waals surface area contributed by atoms with Gasteiger partial charge in [0, 0.05) is 6.26 Å². The van der Waals surface area contributed by atoms with E-state index >= 15 is 0 Å². The van der Waals surface area contributed by atoms with Crippen LogP contribution in [0.2, 0.25) is 0 Å². The van der Waals surface area contributed by atoms with E-state index in [0.717, 1.165) is 0 Å². The zero-order valence-corrected chi connectivity index (χ0v) is 13.1. The number of hydrogen-bond acceptors (Lipinski definition) is 1. The first-order valence-electron chi connectivity index (χ1n) is 5.74. The van der Waals surface area contributed by atoms with Crippen molar-refractivity contribution in [1.29, 1.82) is 0 Å². The summed E-state index contributed by atoms with van der Waals surface area (Å²) in [5, 5.41) is -6.84. The topological polar surface area (TPSA) is 17.1 Å². The van der Waals surface area contributed by atoms with Crippen molar-refractivity contribution in [2.24, 2.45) is 0 Å². The molecule has 0 aliphatic rings. The van der Waals surface area contributed by atoms with Gasteiger partial charge in [-0.25, -0.2) is 0 Å². The third-order valence-corrected chi connectivity index (χ3v) is 4.03. The second-order valence-corrected chi connectivity index (χ2v) is 6.34. The lowest BCUT2D eigenvalue weighted by Gasteiger charge is -2.42. The summed E-state index contributed by atoms with van der Waals surface area (Å²) in [6, 6.07) is 0. The van der Waals surface area contributed by atoms with E-state index < -0.39 is 64.0 Å². The van der Waals surface area contributed by atoms with Crippen molar-refractivity contribution in [2.45, 2.75) is 47.0 Å². The van der Waals surface area contributed by atoms with Gasteiger partial charge in [-0.2, -0.15) is 74.6 Å². The second-order valence-electron chi connectivity index (χ2n) is 4.92. The van der Waals surface area contributed by atoms with E-state index in [9.17, 15) is 78.8 Å². The van der Waals surface area contributed by atoms with Crippen molar-refractivity contribution < 1.29 is 78.8 Å². The molecule has 0 bridgehead atoms. The molecule has 0 rings (SSSR count). The largest absolute Gasteiger partial charge is 0.460 e. The SMILES string of the molecule is CS(=O)C(F)(F)C(F)(F)C(F)(F)C(F)(F)C(F)(F)C(F)(F)C(F)(F)C(F)(F)F. The highest BCUT2D eigenvalue weighted by Crippen LogP contribution is 2.64. The van der Waals surface area contributed by atoms with Crippen LogP contribution in [0.15, 0.2) is 0 Å². The molecule has 170 valence electrons. The maximum absolute atomic E-state index is 13.1. The second kappa shape index (κ2) is 6.48. The van der Waals surface area contributed by atoms with Crippen molar-refractivity contribution in [3.8, 4) is 0 Å². The fourth-order valence-corrected chi connectivity index (χ4v) is 1.82. The Balaban J connectivity index is 6.76. The van der Waals surface area contributed by atoms with Gasteiger partial charge in [-0.3, -0.25) is 4.21 Å². The zero-order valence-electron chi connectivity index (χ0n) is 12.2. The molecule has 1 atom stereocenters. The first-order chi connectivity index (χ1) is 11.7. The van der Waals surface area contributed by atoms with Gasteiger partial charge in [0.2, 0.25) is 0 Å². The van der Waals surface area contributed by atoms with E-state index in [2.05, 4.69) is 0 Å². The van der Waals surface area contributed by atoms with E-state index in [1.165, 1.54) is 0 Å². The predicted molar refractivity (Wildman–Crippen MR) is 54.8 cm³/mol. The minimum Gasteiger partial charge on any atom is -0.254 e. The molecule has 0 aliphatic carbocycles. The molecule has 28 heavy (non-hydrogen) atoms. The normalized spacial score (nSPS) is 17.6. The van der Waals surface area contributed by atoms with Gasteiger partial charge in [-0.15, -0.1) is 0 Å². The molecule has 0 saturated heterocycles. The fourth-order valence-electron chi connectivity index (χ4n) is 1.33. The minimum atomic E-state index is -8.67. The summed E-state index contributed by atoms with van der Waals surface area (Å²) in [5.41, 5.74) is 0. The highest BCUT2D eigenvalue weighted by molar-refractivity contribution is 7.85. The van der Waals surface area contributed by atoms with Gasteiger partial charge in [-0.05, 0) is 0 Å². The Morgan fingerprint density at radius 1 is 0.429 bits per heavy atom. The van der Waals surface area contributed by atoms with Gasteiger partial charge < -0.3 is 0 Å². The molecule has 0 aromatic rings. The van der Waals surface area contributed by atoms with E-state index in [0.29, 0.717) is 0 Å². The molecule has 0 aliphatic heterocycles. The van der Waals surface area contributed by atoms with Gasteiger partial charge in [0.1, 0.15) is 0 Å². The predicted octanol–water partition coefficient (Wildman–Crippen LogP) is 5.33. The summed E-state index contributed by atoms with van der Waals surface area (Å²) < 4.78 is 226. The Morgan fingerprint density at radius 2 is 0.643 bits per heavy atom. The van der Waals surface area contributed by atoms with Crippen molar-refractivity contribution in [2.75, 3.05) is 6.26 Å². The molecule has 0 radical (unpaired) electrons. The van der Waals surface area contributed by atoms with Crippen LogP contribution in [-0.4, -0.2) is 57.4 Å². The van der Waals surface area contributed by atoms with Crippen molar-refractivity contribution in [3.63, 3.8) is 0 Å². The molecule has 0 aromatic heterocycles. The van der Waals surface area contributed by atoms with Gasteiger partial charge in [-0.1, -0.05) is 0 Å². The lowest BCUT2D eigenvalue weighted by molar-refractivity contribution is -0.458. The van der Waals surface area contributed by atoms with Crippen molar-refractivity contribution in [1.82, 2.24) is 0 Å². The number of hydrogen-bond donors (Lipinski definition) is 0. The van der Waals surface area contributed by atoms with Gasteiger partial charge >= 0.3 is 47.0 Å². The van der Waals surface area contributed by atoms with Gasteiger partial charge in [0.25, 0.3) is 0 Å².